The molecule has 168 valence electrons. The minimum Gasteiger partial charge on any atom is -0.469 e. The van der Waals surface area contributed by atoms with Crippen LogP contribution in [-0.4, -0.2) is 49.8 Å². The van der Waals surface area contributed by atoms with Crippen LogP contribution in [-0.2, 0) is 16.1 Å². The highest BCUT2D eigenvalue weighted by atomic mass is 32.2. The Kier molecular flexibility index (Phi) is 6.64. The summed E-state index contributed by atoms with van der Waals surface area (Å²) < 4.78 is 7.50. The van der Waals surface area contributed by atoms with E-state index in [1.165, 1.54) is 11.8 Å². The van der Waals surface area contributed by atoms with Crippen molar-refractivity contribution in [1.29, 1.82) is 0 Å². The Bertz CT molecular complexity index is 1090. The van der Waals surface area contributed by atoms with Gasteiger partial charge in [-0.1, -0.05) is 42.1 Å². The highest BCUT2D eigenvalue weighted by molar-refractivity contribution is 8.00. The molecule has 1 unspecified atom stereocenters. The number of piperidine rings is 1. The average Bonchev–Trinajstić information content (AvgIpc) is 3.39. The minimum atomic E-state index is -0.336. The first-order valence-electron chi connectivity index (χ1n) is 10.7. The zero-order valence-corrected chi connectivity index (χ0v) is 19.0. The first-order valence-corrected chi connectivity index (χ1v) is 11.6. The molecule has 1 aliphatic heterocycles. The number of likely N-dealkylation sites (tertiary alicyclic amines) is 1. The van der Waals surface area contributed by atoms with Gasteiger partial charge in [0.25, 0.3) is 0 Å². The number of thioether (sulfide) groups is 1. The standard InChI is InChI=1S/C23H27N5O3S/c1-15-19(10-13-31-15)21-25-26-23(28(21)14-17-6-4-3-5-7-17)32-16(2)22(30)27-11-8-18(9-12-27)20(24)29/h3-7,10,13,16,18H,8-9,11-12,14H2,1-2H3,(H2,24,29). The summed E-state index contributed by atoms with van der Waals surface area (Å²) in [4.78, 5) is 26.3. The van der Waals surface area contributed by atoms with Gasteiger partial charge < -0.3 is 15.1 Å². The van der Waals surface area contributed by atoms with Crippen molar-refractivity contribution < 1.29 is 14.0 Å². The average molecular weight is 454 g/mol. The maximum Gasteiger partial charge on any atom is 0.235 e. The summed E-state index contributed by atoms with van der Waals surface area (Å²) in [5, 5.41) is 9.18. The van der Waals surface area contributed by atoms with Crippen LogP contribution in [0.2, 0.25) is 0 Å². The van der Waals surface area contributed by atoms with Crippen LogP contribution in [0.5, 0.6) is 0 Å². The molecule has 2 amide bonds. The first kappa shape index (κ1) is 22.1. The van der Waals surface area contributed by atoms with Crippen molar-refractivity contribution in [2.24, 2.45) is 11.7 Å². The number of nitrogens with two attached hydrogens (primary N) is 1. The number of rotatable bonds is 7. The molecule has 2 N–H and O–H groups in total. The number of benzene rings is 1. The second kappa shape index (κ2) is 9.60. The van der Waals surface area contributed by atoms with Crippen LogP contribution in [0.15, 0.2) is 52.2 Å². The van der Waals surface area contributed by atoms with Crippen molar-refractivity contribution in [2.75, 3.05) is 13.1 Å². The molecule has 4 rings (SSSR count). The molecule has 1 saturated heterocycles. The number of primary amides is 1. The molecule has 0 saturated carbocycles. The number of aryl methyl sites for hydroxylation is 1. The number of amides is 2. The van der Waals surface area contributed by atoms with E-state index in [0.717, 1.165) is 16.9 Å². The monoisotopic (exact) mass is 453 g/mol. The summed E-state index contributed by atoms with van der Waals surface area (Å²) in [6, 6.07) is 12.0. The van der Waals surface area contributed by atoms with E-state index in [0.29, 0.717) is 43.5 Å². The molecule has 32 heavy (non-hydrogen) atoms. The van der Waals surface area contributed by atoms with Gasteiger partial charge in [-0.25, -0.2) is 0 Å². The Balaban J connectivity index is 1.54. The second-order valence-electron chi connectivity index (χ2n) is 8.03. The van der Waals surface area contributed by atoms with Crippen LogP contribution in [0.3, 0.4) is 0 Å². The number of furan rings is 1. The lowest BCUT2D eigenvalue weighted by Gasteiger charge is -2.32. The van der Waals surface area contributed by atoms with Crippen LogP contribution < -0.4 is 5.73 Å². The van der Waals surface area contributed by atoms with E-state index in [-0.39, 0.29) is 23.0 Å². The summed E-state index contributed by atoms with van der Waals surface area (Å²) >= 11 is 1.40. The van der Waals surface area contributed by atoms with Crippen molar-refractivity contribution in [3.63, 3.8) is 0 Å². The summed E-state index contributed by atoms with van der Waals surface area (Å²) in [5.74, 6) is 1.09. The molecule has 3 aromatic rings. The quantitative estimate of drug-likeness (QED) is 0.551. The molecule has 2 aromatic heterocycles. The number of hydrogen-bond acceptors (Lipinski definition) is 6. The van der Waals surface area contributed by atoms with Crippen molar-refractivity contribution in [1.82, 2.24) is 19.7 Å². The molecule has 0 aliphatic carbocycles. The Morgan fingerprint density at radius 3 is 2.53 bits per heavy atom. The third kappa shape index (κ3) is 4.72. The summed E-state index contributed by atoms with van der Waals surface area (Å²) in [7, 11) is 0. The molecule has 1 fully saturated rings. The fraction of sp³-hybridized carbons (Fsp3) is 0.391. The van der Waals surface area contributed by atoms with Crippen LogP contribution in [0, 0.1) is 12.8 Å². The Morgan fingerprint density at radius 1 is 1.19 bits per heavy atom. The zero-order valence-electron chi connectivity index (χ0n) is 18.2. The van der Waals surface area contributed by atoms with Gasteiger partial charge in [0.1, 0.15) is 5.76 Å². The van der Waals surface area contributed by atoms with Gasteiger partial charge in [0, 0.05) is 19.0 Å². The lowest BCUT2D eigenvalue weighted by atomic mass is 9.96. The van der Waals surface area contributed by atoms with Crippen molar-refractivity contribution in [2.45, 2.75) is 43.6 Å². The van der Waals surface area contributed by atoms with Gasteiger partial charge in [0.15, 0.2) is 11.0 Å². The topological polar surface area (TPSA) is 107 Å². The normalized spacial score (nSPS) is 15.6. The van der Waals surface area contributed by atoms with E-state index in [1.807, 2.05) is 47.6 Å². The van der Waals surface area contributed by atoms with E-state index in [4.69, 9.17) is 10.2 Å². The second-order valence-corrected chi connectivity index (χ2v) is 9.34. The van der Waals surface area contributed by atoms with Crippen molar-refractivity contribution >= 4 is 23.6 Å². The molecule has 0 radical (unpaired) electrons. The minimum absolute atomic E-state index is 0.0354. The summed E-state index contributed by atoms with van der Waals surface area (Å²) in [5.41, 5.74) is 7.41. The molecule has 3 heterocycles. The highest BCUT2D eigenvalue weighted by Crippen LogP contribution is 2.31. The Labute approximate surface area is 191 Å². The Morgan fingerprint density at radius 2 is 1.91 bits per heavy atom. The largest absolute Gasteiger partial charge is 0.469 e. The molecule has 0 spiro atoms. The van der Waals surface area contributed by atoms with Gasteiger partial charge >= 0.3 is 0 Å². The van der Waals surface area contributed by atoms with Gasteiger partial charge in [-0.3, -0.25) is 14.2 Å². The molecule has 1 aromatic carbocycles. The fourth-order valence-electron chi connectivity index (χ4n) is 3.95. The first-order chi connectivity index (χ1) is 15.4. The molecule has 1 atom stereocenters. The van der Waals surface area contributed by atoms with Gasteiger partial charge in [0.05, 0.1) is 23.6 Å². The van der Waals surface area contributed by atoms with Crippen molar-refractivity contribution in [3.8, 4) is 11.4 Å². The van der Waals surface area contributed by atoms with E-state index < -0.39 is 0 Å². The predicted molar refractivity (Wildman–Crippen MR) is 122 cm³/mol. The van der Waals surface area contributed by atoms with Gasteiger partial charge in [-0.15, -0.1) is 10.2 Å². The summed E-state index contributed by atoms with van der Waals surface area (Å²) in [6.45, 7) is 5.46. The van der Waals surface area contributed by atoms with E-state index >= 15 is 0 Å². The van der Waals surface area contributed by atoms with E-state index in [1.54, 1.807) is 6.26 Å². The maximum atomic E-state index is 13.1. The predicted octanol–water partition coefficient (Wildman–Crippen LogP) is 3.10. The molecular formula is C23H27N5O3S. The highest BCUT2D eigenvalue weighted by Gasteiger charge is 2.30. The summed E-state index contributed by atoms with van der Waals surface area (Å²) in [6.07, 6.45) is 2.88. The van der Waals surface area contributed by atoms with Crippen molar-refractivity contribution in [3.05, 3.63) is 54.0 Å². The zero-order chi connectivity index (χ0) is 22.7. The number of aromatic nitrogens is 3. The molecule has 9 heteroatoms. The van der Waals surface area contributed by atoms with Crippen LogP contribution in [0.25, 0.3) is 11.4 Å². The lowest BCUT2D eigenvalue weighted by Crippen LogP contribution is -2.44. The smallest absolute Gasteiger partial charge is 0.235 e. The number of hydrogen-bond donors (Lipinski definition) is 1. The van der Waals surface area contributed by atoms with Gasteiger partial charge in [0.2, 0.25) is 11.8 Å². The lowest BCUT2D eigenvalue weighted by molar-refractivity contribution is -0.134. The number of nitrogens with zero attached hydrogens (tertiary/aromatic N) is 4. The Hall–Kier alpha value is -3.07. The molecule has 0 bridgehead atoms. The number of carbonyl (C=O) groups excluding carboxylic acids is 2. The maximum absolute atomic E-state index is 13.1. The fourth-order valence-corrected chi connectivity index (χ4v) is 4.88. The van der Waals surface area contributed by atoms with Gasteiger partial charge in [-0.05, 0) is 38.3 Å². The molecule has 8 nitrogen and oxygen atoms in total. The SMILES string of the molecule is Cc1occc1-c1nnc(SC(C)C(=O)N2CCC(C(N)=O)CC2)n1Cc1ccccc1. The van der Waals surface area contributed by atoms with E-state index in [9.17, 15) is 9.59 Å². The van der Waals surface area contributed by atoms with Crippen LogP contribution in [0.1, 0.15) is 31.1 Å². The van der Waals surface area contributed by atoms with Gasteiger partial charge in [-0.2, -0.15) is 0 Å². The number of carbonyl (C=O) groups is 2. The third-order valence-corrected chi connectivity index (χ3v) is 6.91. The van der Waals surface area contributed by atoms with Crippen LogP contribution in [0.4, 0.5) is 0 Å². The molecule has 1 aliphatic rings. The van der Waals surface area contributed by atoms with Crippen LogP contribution >= 0.6 is 11.8 Å². The third-order valence-electron chi connectivity index (χ3n) is 5.84. The molecular weight excluding hydrogens is 426 g/mol. The van der Waals surface area contributed by atoms with E-state index in [2.05, 4.69) is 22.3 Å².